The zero-order valence-corrected chi connectivity index (χ0v) is 7.45. The predicted octanol–water partition coefficient (Wildman–Crippen LogP) is 3.21. The summed E-state index contributed by atoms with van der Waals surface area (Å²) in [6.45, 7) is 0. The maximum Gasteiger partial charge on any atom is 0.0493 e. The van der Waals surface area contributed by atoms with Crippen LogP contribution in [0, 0.1) is 0 Å². The summed E-state index contributed by atoms with van der Waals surface area (Å²) in [7, 11) is 0. The van der Waals surface area contributed by atoms with Gasteiger partial charge < -0.3 is 0 Å². The lowest BCUT2D eigenvalue weighted by Gasteiger charge is -1.91. The summed E-state index contributed by atoms with van der Waals surface area (Å²) in [6.07, 6.45) is 2.07. The summed E-state index contributed by atoms with van der Waals surface area (Å²) in [5, 5.41) is 4.22. The van der Waals surface area contributed by atoms with Crippen molar-refractivity contribution in [1.82, 2.24) is 0 Å². The fraction of sp³-hybridized carbons (Fsp3) is 0.333. The zero-order valence-electron chi connectivity index (χ0n) is 5.06. The van der Waals surface area contributed by atoms with Crippen LogP contribution in [0.25, 0.3) is 0 Å². The van der Waals surface area contributed by atoms with E-state index in [2.05, 4.69) is 17.0 Å². The largest absolute Gasteiger partial charge is 0.151 e. The molecule has 0 spiro atoms. The fourth-order valence-corrected chi connectivity index (χ4v) is 2.72. The van der Waals surface area contributed by atoms with Gasteiger partial charge in [-0.15, -0.1) is 23.4 Å². The molecular weight excluding hydrogens is 172 g/mol. The Morgan fingerprint density at radius 1 is 1.67 bits per heavy atom. The molecule has 0 aliphatic carbocycles. The van der Waals surface area contributed by atoms with Gasteiger partial charge >= 0.3 is 0 Å². The second-order valence-electron chi connectivity index (χ2n) is 1.60. The molecule has 1 aromatic rings. The molecule has 1 heterocycles. The van der Waals surface area contributed by atoms with Crippen molar-refractivity contribution in [1.29, 1.82) is 0 Å². The number of hydrogen-bond donors (Lipinski definition) is 0. The van der Waals surface area contributed by atoms with E-state index in [1.54, 1.807) is 23.1 Å². The Morgan fingerprint density at radius 3 is 2.89 bits per heavy atom. The topological polar surface area (TPSA) is 0 Å². The van der Waals surface area contributed by atoms with Crippen molar-refractivity contribution in [3.63, 3.8) is 0 Å². The average molecular weight is 179 g/mol. The third-order valence-electron chi connectivity index (χ3n) is 1.07. The molecule has 0 radical (unpaired) electrons. The van der Waals surface area contributed by atoms with E-state index in [-0.39, 0.29) is 0 Å². The lowest BCUT2D eigenvalue weighted by molar-refractivity contribution is 1.33. The fourth-order valence-electron chi connectivity index (χ4n) is 0.588. The van der Waals surface area contributed by atoms with Gasteiger partial charge in [0.1, 0.15) is 0 Å². The number of rotatable bonds is 2. The summed E-state index contributed by atoms with van der Waals surface area (Å²) < 4.78 is 0. The summed E-state index contributed by atoms with van der Waals surface area (Å²) in [5.41, 5.74) is 1.26. The normalized spacial score (nSPS) is 10.0. The first-order valence-corrected chi connectivity index (χ1v) is 5.23. The minimum absolute atomic E-state index is 0.639. The summed E-state index contributed by atoms with van der Waals surface area (Å²) in [4.78, 5) is 1.31. The van der Waals surface area contributed by atoms with Gasteiger partial charge in [0.15, 0.2) is 0 Å². The molecule has 1 aromatic heterocycles. The number of halogens is 1. The molecule has 0 aliphatic rings. The molecule has 0 saturated carbocycles. The highest BCUT2D eigenvalue weighted by Crippen LogP contribution is 2.25. The van der Waals surface area contributed by atoms with E-state index in [4.69, 9.17) is 11.6 Å². The van der Waals surface area contributed by atoms with Crippen LogP contribution in [-0.2, 0) is 5.88 Å². The lowest BCUT2D eigenvalue weighted by atomic mass is 10.4. The van der Waals surface area contributed by atoms with Crippen LogP contribution in [0.5, 0.6) is 0 Å². The predicted molar refractivity (Wildman–Crippen MR) is 45.7 cm³/mol. The van der Waals surface area contributed by atoms with Gasteiger partial charge in [-0.05, 0) is 17.2 Å². The molecule has 9 heavy (non-hydrogen) atoms. The van der Waals surface area contributed by atoms with Crippen LogP contribution in [0.1, 0.15) is 5.56 Å². The second-order valence-corrected chi connectivity index (χ2v) is 3.46. The van der Waals surface area contributed by atoms with Crippen molar-refractivity contribution in [2.45, 2.75) is 10.8 Å². The molecule has 0 bridgehead atoms. The average Bonchev–Trinajstić information content (AvgIpc) is 2.33. The maximum absolute atomic E-state index is 5.65. The van der Waals surface area contributed by atoms with Gasteiger partial charge in [0, 0.05) is 16.2 Å². The van der Waals surface area contributed by atoms with Crippen molar-refractivity contribution in [2.75, 3.05) is 6.26 Å². The third-order valence-corrected chi connectivity index (χ3v) is 3.12. The van der Waals surface area contributed by atoms with E-state index in [0.29, 0.717) is 5.88 Å². The van der Waals surface area contributed by atoms with Gasteiger partial charge in [0.2, 0.25) is 0 Å². The molecule has 50 valence electrons. The van der Waals surface area contributed by atoms with Gasteiger partial charge in [0.05, 0.1) is 0 Å². The molecular formula is C6H7ClS2. The van der Waals surface area contributed by atoms with Crippen LogP contribution in [0.15, 0.2) is 15.7 Å². The lowest BCUT2D eigenvalue weighted by Crippen LogP contribution is -1.71. The SMILES string of the molecule is CSc1cscc1CCl. The van der Waals surface area contributed by atoms with E-state index in [1.807, 2.05) is 0 Å². The first kappa shape index (κ1) is 7.45. The third kappa shape index (κ3) is 1.63. The van der Waals surface area contributed by atoms with E-state index >= 15 is 0 Å². The molecule has 0 aliphatic heterocycles. The molecule has 1 rings (SSSR count). The molecule has 0 unspecified atom stereocenters. The van der Waals surface area contributed by atoms with Crippen molar-refractivity contribution in [3.8, 4) is 0 Å². The van der Waals surface area contributed by atoms with Gasteiger partial charge in [-0.3, -0.25) is 0 Å². The Balaban J connectivity index is 2.85. The van der Waals surface area contributed by atoms with Crippen LogP contribution < -0.4 is 0 Å². The van der Waals surface area contributed by atoms with Crippen LogP contribution in [-0.4, -0.2) is 6.26 Å². The summed E-state index contributed by atoms with van der Waals surface area (Å²) in [6, 6.07) is 0. The van der Waals surface area contributed by atoms with Gasteiger partial charge in [-0.25, -0.2) is 0 Å². The maximum atomic E-state index is 5.65. The summed E-state index contributed by atoms with van der Waals surface area (Å²) in [5.74, 6) is 0.639. The first-order chi connectivity index (χ1) is 4.38. The van der Waals surface area contributed by atoms with Gasteiger partial charge in [0.25, 0.3) is 0 Å². The molecule has 3 heteroatoms. The highest BCUT2D eigenvalue weighted by atomic mass is 35.5. The van der Waals surface area contributed by atoms with E-state index < -0.39 is 0 Å². The quantitative estimate of drug-likeness (QED) is 0.495. The zero-order chi connectivity index (χ0) is 6.69. The van der Waals surface area contributed by atoms with Crippen molar-refractivity contribution in [3.05, 3.63) is 16.3 Å². The van der Waals surface area contributed by atoms with E-state index in [1.165, 1.54) is 10.5 Å². The van der Waals surface area contributed by atoms with E-state index in [0.717, 1.165) is 0 Å². The van der Waals surface area contributed by atoms with Crippen LogP contribution in [0.3, 0.4) is 0 Å². The van der Waals surface area contributed by atoms with Gasteiger partial charge in [-0.1, -0.05) is 0 Å². The Labute approximate surface area is 68.2 Å². The number of hydrogen-bond acceptors (Lipinski definition) is 2. The Hall–Kier alpha value is 0.340. The van der Waals surface area contributed by atoms with Crippen molar-refractivity contribution in [2.24, 2.45) is 0 Å². The molecule has 0 nitrogen and oxygen atoms in total. The smallest absolute Gasteiger partial charge is 0.0493 e. The molecule has 0 amide bonds. The van der Waals surface area contributed by atoms with Crippen molar-refractivity contribution < 1.29 is 0 Å². The molecule has 0 N–H and O–H groups in total. The first-order valence-electron chi connectivity index (χ1n) is 2.53. The minimum atomic E-state index is 0.639. The monoisotopic (exact) mass is 178 g/mol. The van der Waals surface area contributed by atoms with Crippen LogP contribution >= 0.6 is 34.7 Å². The van der Waals surface area contributed by atoms with Crippen molar-refractivity contribution >= 4 is 34.7 Å². The Bertz CT molecular complexity index is 164. The molecule has 0 fully saturated rings. The molecule has 0 saturated heterocycles. The van der Waals surface area contributed by atoms with Gasteiger partial charge in [-0.2, -0.15) is 11.3 Å². The van der Waals surface area contributed by atoms with Crippen LogP contribution in [0.2, 0.25) is 0 Å². The summed E-state index contributed by atoms with van der Waals surface area (Å²) >= 11 is 9.11. The highest BCUT2D eigenvalue weighted by molar-refractivity contribution is 7.98. The Morgan fingerprint density at radius 2 is 2.44 bits per heavy atom. The minimum Gasteiger partial charge on any atom is -0.151 e. The second kappa shape index (κ2) is 3.49. The number of alkyl halides is 1. The van der Waals surface area contributed by atoms with E-state index in [9.17, 15) is 0 Å². The Kier molecular flexibility index (Phi) is 2.89. The molecule has 0 aromatic carbocycles. The van der Waals surface area contributed by atoms with Crippen LogP contribution in [0.4, 0.5) is 0 Å². The number of thioether (sulfide) groups is 1. The molecule has 0 atom stereocenters. The highest BCUT2D eigenvalue weighted by Gasteiger charge is 1.98. The number of thiophene rings is 1. The standard InChI is InChI=1S/C6H7ClS2/c1-8-6-4-9-3-5(6)2-7/h3-4H,2H2,1H3.